The summed E-state index contributed by atoms with van der Waals surface area (Å²) in [6.45, 7) is 3.69. The van der Waals surface area contributed by atoms with E-state index in [1.54, 1.807) is 61.5 Å². The summed E-state index contributed by atoms with van der Waals surface area (Å²) in [6.07, 6.45) is 0.408. The maximum atomic E-state index is 12.9. The van der Waals surface area contributed by atoms with Crippen LogP contribution in [0.3, 0.4) is 0 Å². The average Bonchev–Trinajstić information content (AvgIpc) is 2.71. The molecule has 2 atom stereocenters. The van der Waals surface area contributed by atoms with Gasteiger partial charge in [-0.3, -0.25) is 19.8 Å². The van der Waals surface area contributed by atoms with E-state index in [9.17, 15) is 14.4 Å². The standard InChI is InChI=1S/C21H24N2O4/c1-3-17(19(24)15-11-7-5-8-12-15)18(21(26)27-4-2)22-23-20(25)16-13-9-6-10-14-16/h5-14,17-18,22H,3-4H2,1-2H3,(H,23,25)/t17-,18-/m1/s1. The Hall–Kier alpha value is -2.99. The van der Waals surface area contributed by atoms with E-state index >= 15 is 0 Å². The predicted molar refractivity (Wildman–Crippen MR) is 102 cm³/mol. The smallest absolute Gasteiger partial charge is 0.325 e. The molecule has 0 aliphatic rings. The summed E-state index contributed by atoms with van der Waals surface area (Å²) in [5.41, 5.74) is 6.18. The molecule has 6 nitrogen and oxygen atoms in total. The van der Waals surface area contributed by atoms with Crippen molar-refractivity contribution in [3.63, 3.8) is 0 Å². The number of ether oxygens (including phenoxy) is 1. The van der Waals surface area contributed by atoms with Crippen LogP contribution >= 0.6 is 0 Å². The normalized spacial score (nSPS) is 12.7. The molecule has 0 radical (unpaired) electrons. The summed E-state index contributed by atoms with van der Waals surface area (Å²) in [4.78, 5) is 37.6. The number of hydrogen-bond acceptors (Lipinski definition) is 5. The van der Waals surface area contributed by atoms with Crippen LogP contribution in [0.15, 0.2) is 60.7 Å². The molecule has 0 heterocycles. The first-order chi connectivity index (χ1) is 13.1. The number of benzene rings is 2. The number of Topliss-reactive ketones (excluding diaryl/α,β-unsaturated/α-hetero) is 1. The van der Waals surface area contributed by atoms with Crippen molar-refractivity contribution in [1.82, 2.24) is 10.9 Å². The van der Waals surface area contributed by atoms with Crippen LogP contribution < -0.4 is 10.9 Å². The highest BCUT2D eigenvalue weighted by molar-refractivity contribution is 6.01. The van der Waals surface area contributed by atoms with E-state index in [1.165, 1.54) is 0 Å². The molecule has 6 heteroatoms. The van der Waals surface area contributed by atoms with E-state index in [2.05, 4.69) is 10.9 Å². The lowest BCUT2D eigenvalue weighted by molar-refractivity contribution is -0.147. The largest absolute Gasteiger partial charge is 0.465 e. The van der Waals surface area contributed by atoms with Gasteiger partial charge >= 0.3 is 5.97 Å². The van der Waals surface area contributed by atoms with Gasteiger partial charge in [0.2, 0.25) is 0 Å². The van der Waals surface area contributed by atoms with Crippen molar-refractivity contribution in [3.05, 3.63) is 71.8 Å². The summed E-state index contributed by atoms with van der Waals surface area (Å²) in [5.74, 6) is -1.84. The molecule has 0 fully saturated rings. The van der Waals surface area contributed by atoms with Crippen LogP contribution in [0.4, 0.5) is 0 Å². The van der Waals surface area contributed by atoms with E-state index in [1.807, 2.05) is 13.0 Å². The summed E-state index contributed by atoms with van der Waals surface area (Å²) in [6, 6.07) is 16.4. The first-order valence-corrected chi connectivity index (χ1v) is 8.95. The van der Waals surface area contributed by atoms with E-state index in [-0.39, 0.29) is 12.4 Å². The number of amides is 1. The first kappa shape index (κ1) is 20.3. The van der Waals surface area contributed by atoms with Crippen molar-refractivity contribution in [1.29, 1.82) is 0 Å². The third-order valence-corrected chi connectivity index (χ3v) is 4.15. The fraction of sp³-hybridized carbons (Fsp3) is 0.286. The highest BCUT2D eigenvalue weighted by Gasteiger charge is 2.34. The quantitative estimate of drug-likeness (QED) is 0.404. The van der Waals surface area contributed by atoms with Crippen LogP contribution in [0.1, 0.15) is 41.0 Å². The summed E-state index contributed by atoms with van der Waals surface area (Å²) < 4.78 is 5.11. The Morgan fingerprint density at radius 3 is 1.96 bits per heavy atom. The second-order valence-electron chi connectivity index (χ2n) is 5.94. The van der Waals surface area contributed by atoms with Gasteiger partial charge in [-0.05, 0) is 25.5 Å². The molecule has 0 spiro atoms. The highest BCUT2D eigenvalue weighted by Crippen LogP contribution is 2.17. The Labute approximate surface area is 158 Å². The molecule has 0 aliphatic carbocycles. The van der Waals surface area contributed by atoms with Gasteiger partial charge in [-0.2, -0.15) is 0 Å². The third-order valence-electron chi connectivity index (χ3n) is 4.15. The first-order valence-electron chi connectivity index (χ1n) is 8.95. The van der Waals surface area contributed by atoms with Gasteiger partial charge < -0.3 is 4.74 Å². The van der Waals surface area contributed by atoms with Gasteiger partial charge in [0.1, 0.15) is 6.04 Å². The minimum Gasteiger partial charge on any atom is -0.465 e. The number of nitrogens with one attached hydrogen (secondary N) is 2. The Morgan fingerprint density at radius 2 is 1.44 bits per heavy atom. The van der Waals surface area contributed by atoms with Gasteiger partial charge in [0.15, 0.2) is 5.78 Å². The van der Waals surface area contributed by atoms with Crippen molar-refractivity contribution in [3.8, 4) is 0 Å². The Balaban J connectivity index is 2.18. The molecule has 0 unspecified atom stereocenters. The van der Waals surface area contributed by atoms with Crippen LogP contribution in [-0.2, 0) is 9.53 Å². The molecule has 0 saturated heterocycles. The van der Waals surface area contributed by atoms with E-state index < -0.39 is 23.8 Å². The maximum absolute atomic E-state index is 12.9. The van der Waals surface area contributed by atoms with Gasteiger partial charge in [0.05, 0.1) is 6.61 Å². The van der Waals surface area contributed by atoms with E-state index in [4.69, 9.17) is 4.74 Å². The fourth-order valence-electron chi connectivity index (χ4n) is 2.75. The molecule has 2 aromatic carbocycles. The van der Waals surface area contributed by atoms with Crippen molar-refractivity contribution in [2.24, 2.45) is 5.92 Å². The molecule has 2 rings (SSSR count). The topological polar surface area (TPSA) is 84.5 Å². The van der Waals surface area contributed by atoms with Gasteiger partial charge in [-0.25, -0.2) is 5.43 Å². The second-order valence-corrected chi connectivity index (χ2v) is 5.94. The lowest BCUT2D eigenvalue weighted by atomic mass is 9.89. The lowest BCUT2D eigenvalue weighted by Crippen LogP contribution is -2.54. The lowest BCUT2D eigenvalue weighted by Gasteiger charge is -2.25. The van der Waals surface area contributed by atoms with Crippen LogP contribution in [0.5, 0.6) is 0 Å². The van der Waals surface area contributed by atoms with E-state index in [0.717, 1.165) is 0 Å². The van der Waals surface area contributed by atoms with Crippen molar-refractivity contribution in [2.45, 2.75) is 26.3 Å². The minimum absolute atomic E-state index is 0.180. The van der Waals surface area contributed by atoms with Crippen LogP contribution in [-0.4, -0.2) is 30.3 Å². The number of carbonyl (C=O) groups excluding carboxylic acids is 3. The SMILES string of the molecule is CCOC(=O)[C@H](NNC(=O)c1ccccc1)[C@@H](CC)C(=O)c1ccccc1. The predicted octanol–water partition coefficient (Wildman–Crippen LogP) is 2.76. The Kier molecular flexibility index (Phi) is 7.70. The van der Waals surface area contributed by atoms with Gasteiger partial charge in [-0.1, -0.05) is 55.5 Å². The zero-order valence-electron chi connectivity index (χ0n) is 15.5. The Morgan fingerprint density at radius 1 is 0.889 bits per heavy atom. The maximum Gasteiger partial charge on any atom is 0.325 e. The fourth-order valence-corrected chi connectivity index (χ4v) is 2.75. The average molecular weight is 368 g/mol. The Bertz CT molecular complexity index is 762. The molecular formula is C21H24N2O4. The number of hydrazine groups is 1. The van der Waals surface area contributed by atoms with Crippen LogP contribution in [0.2, 0.25) is 0 Å². The molecule has 142 valence electrons. The summed E-state index contributed by atoms with van der Waals surface area (Å²) in [7, 11) is 0. The molecule has 2 aromatic rings. The zero-order valence-corrected chi connectivity index (χ0v) is 15.5. The van der Waals surface area contributed by atoms with Crippen molar-refractivity contribution in [2.75, 3.05) is 6.61 Å². The van der Waals surface area contributed by atoms with Crippen molar-refractivity contribution >= 4 is 17.7 Å². The molecule has 0 bridgehead atoms. The molecule has 0 saturated carbocycles. The molecule has 1 amide bonds. The number of ketones is 1. The summed E-state index contributed by atoms with van der Waals surface area (Å²) in [5, 5.41) is 0. The highest BCUT2D eigenvalue weighted by atomic mass is 16.5. The van der Waals surface area contributed by atoms with Crippen LogP contribution in [0.25, 0.3) is 0 Å². The van der Waals surface area contributed by atoms with Gasteiger partial charge in [0, 0.05) is 17.0 Å². The number of esters is 1. The molecule has 0 aliphatic heterocycles. The monoisotopic (exact) mass is 368 g/mol. The molecule has 2 N–H and O–H groups in total. The number of hydrogen-bond donors (Lipinski definition) is 2. The van der Waals surface area contributed by atoms with Gasteiger partial charge in [-0.15, -0.1) is 0 Å². The van der Waals surface area contributed by atoms with Gasteiger partial charge in [0.25, 0.3) is 5.91 Å². The van der Waals surface area contributed by atoms with Crippen LogP contribution in [0, 0.1) is 5.92 Å². The minimum atomic E-state index is -0.990. The molecular weight excluding hydrogens is 344 g/mol. The van der Waals surface area contributed by atoms with Crippen molar-refractivity contribution < 1.29 is 19.1 Å². The number of rotatable bonds is 9. The summed E-state index contributed by atoms with van der Waals surface area (Å²) >= 11 is 0. The van der Waals surface area contributed by atoms with E-state index in [0.29, 0.717) is 17.5 Å². The molecule has 27 heavy (non-hydrogen) atoms. The second kappa shape index (κ2) is 10.2. The zero-order chi connectivity index (χ0) is 19.6. The number of carbonyl (C=O) groups is 3. The third kappa shape index (κ3) is 5.49. The molecule has 0 aromatic heterocycles.